The molecular weight excluding hydrogens is 482 g/mol. The Morgan fingerprint density at radius 3 is 2.33 bits per heavy atom. The molecule has 0 radical (unpaired) electrons. The molecule has 0 aliphatic carbocycles. The summed E-state index contributed by atoms with van der Waals surface area (Å²) in [6.07, 6.45) is 0.421. The Hall–Kier alpha value is -3.88. The van der Waals surface area contributed by atoms with E-state index in [4.69, 9.17) is 15.2 Å². The zero-order chi connectivity index (χ0) is 25.0. The van der Waals surface area contributed by atoms with Crippen molar-refractivity contribution in [2.24, 2.45) is 5.73 Å². The zero-order valence-electron chi connectivity index (χ0n) is 19.9. The van der Waals surface area contributed by atoms with Crippen LogP contribution in [0.1, 0.15) is 28.8 Å². The number of methoxy groups -OCH3 is 1. The predicted octanol–water partition coefficient (Wildman–Crippen LogP) is 4.53. The summed E-state index contributed by atoms with van der Waals surface area (Å²) < 4.78 is 9.87. The third-order valence-corrected chi connectivity index (χ3v) is 5.28. The number of rotatable bonds is 10. The fourth-order valence-electron chi connectivity index (χ4n) is 3.35. The first-order valence-corrected chi connectivity index (χ1v) is 11.3. The Morgan fingerprint density at radius 1 is 0.917 bits per heavy atom. The van der Waals surface area contributed by atoms with Gasteiger partial charge in [-0.05, 0) is 53.8 Å². The molecule has 0 saturated heterocycles. The number of alkyl carbamates (subject to hydrolysis) is 1. The van der Waals surface area contributed by atoms with E-state index < -0.39 is 18.1 Å². The first-order valence-electron chi connectivity index (χ1n) is 11.3. The number of anilines is 1. The smallest absolute Gasteiger partial charge is 0.407 e. The van der Waals surface area contributed by atoms with Crippen molar-refractivity contribution in [2.45, 2.75) is 25.5 Å². The van der Waals surface area contributed by atoms with E-state index in [0.29, 0.717) is 30.6 Å². The Bertz CT molecular complexity index is 1140. The van der Waals surface area contributed by atoms with E-state index >= 15 is 0 Å². The number of nitrogens with one attached hydrogen (secondary N) is 2. The van der Waals surface area contributed by atoms with Crippen molar-refractivity contribution < 1.29 is 23.9 Å². The summed E-state index contributed by atoms with van der Waals surface area (Å²) in [4.78, 5) is 35.9. The van der Waals surface area contributed by atoms with Gasteiger partial charge in [0.25, 0.3) is 0 Å². The highest BCUT2D eigenvalue weighted by molar-refractivity contribution is 5.95. The van der Waals surface area contributed by atoms with Gasteiger partial charge in [0.15, 0.2) is 0 Å². The molecule has 3 rings (SSSR count). The van der Waals surface area contributed by atoms with E-state index in [1.54, 1.807) is 18.2 Å². The van der Waals surface area contributed by atoms with Gasteiger partial charge in [0.2, 0.25) is 5.91 Å². The van der Waals surface area contributed by atoms with E-state index in [2.05, 4.69) is 10.6 Å². The molecule has 36 heavy (non-hydrogen) atoms. The molecule has 0 saturated carbocycles. The fraction of sp³-hybridized carbons (Fsp3) is 0.222. The number of ether oxygens (including phenoxy) is 2. The van der Waals surface area contributed by atoms with Crippen LogP contribution in [0.3, 0.4) is 0 Å². The molecule has 2 amide bonds. The van der Waals surface area contributed by atoms with Crippen LogP contribution in [0.5, 0.6) is 0 Å². The van der Waals surface area contributed by atoms with Gasteiger partial charge in [0, 0.05) is 12.2 Å². The van der Waals surface area contributed by atoms with Gasteiger partial charge in [0.1, 0.15) is 6.61 Å². The zero-order valence-corrected chi connectivity index (χ0v) is 20.8. The van der Waals surface area contributed by atoms with E-state index in [-0.39, 0.29) is 24.9 Å². The van der Waals surface area contributed by atoms with Crippen molar-refractivity contribution in [1.29, 1.82) is 0 Å². The maximum atomic E-state index is 12.5. The average molecular weight is 512 g/mol. The predicted molar refractivity (Wildman–Crippen MR) is 141 cm³/mol. The van der Waals surface area contributed by atoms with Gasteiger partial charge in [-0.25, -0.2) is 9.59 Å². The number of hydrogen-bond acceptors (Lipinski definition) is 6. The summed E-state index contributed by atoms with van der Waals surface area (Å²) in [6, 6.07) is 23.0. The Morgan fingerprint density at radius 2 is 1.64 bits per heavy atom. The molecule has 0 aliphatic rings. The first-order chi connectivity index (χ1) is 17.0. The molecule has 0 heterocycles. The molecule has 0 aromatic heterocycles. The number of halogens is 1. The Balaban J connectivity index is 0.00000456. The number of nitrogens with two attached hydrogens (primary N) is 1. The number of benzene rings is 3. The van der Waals surface area contributed by atoms with Crippen LogP contribution in [-0.2, 0) is 20.9 Å². The minimum Gasteiger partial charge on any atom is -0.465 e. The second kappa shape index (κ2) is 14.5. The van der Waals surface area contributed by atoms with Crippen LogP contribution in [0.4, 0.5) is 10.5 Å². The summed E-state index contributed by atoms with van der Waals surface area (Å²) in [5, 5.41) is 5.49. The molecule has 4 N–H and O–H groups in total. The fourth-order valence-corrected chi connectivity index (χ4v) is 3.35. The lowest BCUT2D eigenvalue weighted by Gasteiger charge is -2.13. The molecule has 8 nitrogen and oxygen atoms in total. The molecule has 190 valence electrons. The molecule has 3 aromatic rings. The third kappa shape index (κ3) is 8.72. The molecule has 0 aliphatic heterocycles. The summed E-state index contributed by atoms with van der Waals surface area (Å²) in [7, 11) is 1.34. The van der Waals surface area contributed by atoms with Crippen LogP contribution in [-0.4, -0.2) is 37.7 Å². The molecule has 0 unspecified atom stereocenters. The average Bonchev–Trinajstić information content (AvgIpc) is 2.90. The summed E-state index contributed by atoms with van der Waals surface area (Å²) in [6.45, 7) is 0.550. The highest BCUT2D eigenvalue weighted by Gasteiger charge is 2.14. The normalized spacial score (nSPS) is 10.9. The highest BCUT2D eigenvalue weighted by Crippen LogP contribution is 2.23. The van der Waals surface area contributed by atoms with E-state index in [1.807, 2.05) is 60.7 Å². The summed E-state index contributed by atoms with van der Waals surface area (Å²) in [5.74, 6) is -0.708. The maximum absolute atomic E-state index is 12.5. The van der Waals surface area contributed by atoms with Crippen LogP contribution in [0, 0.1) is 0 Å². The van der Waals surface area contributed by atoms with Crippen LogP contribution in [0.25, 0.3) is 11.1 Å². The van der Waals surface area contributed by atoms with Gasteiger partial charge >= 0.3 is 12.1 Å². The van der Waals surface area contributed by atoms with Crippen molar-refractivity contribution in [3.05, 3.63) is 90.0 Å². The minimum atomic E-state index is -0.722. The van der Waals surface area contributed by atoms with E-state index in [1.165, 1.54) is 7.11 Å². The second-order valence-electron chi connectivity index (χ2n) is 7.88. The summed E-state index contributed by atoms with van der Waals surface area (Å²) >= 11 is 0. The van der Waals surface area contributed by atoms with Crippen LogP contribution in [0.15, 0.2) is 78.9 Å². The molecule has 0 bridgehead atoms. The Kier molecular flexibility index (Phi) is 11.4. The Labute approximate surface area is 216 Å². The molecule has 9 heteroatoms. The standard InChI is InChI=1S/C27H29N3O5.ClH/c1-34-26(32)21-14-12-20(13-15-21)22-9-5-10-23(17-22)30-25(31)24(28)11-6-16-29-27(33)35-18-19-7-3-2-4-8-19;/h2-5,7-10,12-15,17,24H,6,11,16,18,28H2,1H3,(H,29,33)(H,30,31);1H/t24-;/m0./s1. The van der Waals surface area contributed by atoms with Crippen LogP contribution >= 0.6 is 12.4 Å². The van der Waals surface area contributed by atoms with Crippen molar-refractivity contribution in [3.8, 4) is 11.1 Å². The molecule has 0 spiro atoms. The lowest BCUT2D eigenvalue weighted by molar-refractivity contribution is -0.117. The number of carbonyl (C=O) groups excluding carboxylic acids is 3. The van der Waals surface area contributed by atoms with Gasteiger partial charge in [0.05, 0.1) is 18.7 Å². The van der Waals surface area contributed by atoms with Gasteiger partial charge in [-0.3, -0.25) is 4.79 Å². The molecular formula is C27H30ClN3O5. The second-order valence-corrected chi connectivity index (χ2v) is 7.88. The van der Waals surface area contributed by atoms with Gasteiger partial charge in [-0.15, -0.1) is 12.4 Å². The van der Waals surface area contributed by atoms with Crippen LogP contribution in [0.2, 0.25) is 0 Å². The van der Waals surface area contributed by atoms with Crippen molar-refractivity contribution in [3.63, 3.8) is 0 Å². The van der Waals surface area contributed by atoms with Gasteiger partial charge < -0.3 is 25.8 Å². The highest BCUT2D eigenvalue weighted by atomic mass is 35.5. The minimum absolute atomic E-state index is 0. The number of amides is 2. The van der Waals surface area contributed by atoms with Crippen molar-refractivity contribution in [1.82, 2.24) is 5.32 Å². The number of hydrogen-bond donors (Lipinski definition) is 3. The third-order valence-electron chi connectivity index (χ3n) is 5.28. The lowest BCUT2D eigenvalue weighted by Crippen LogP contribution is -2.36. The first kappa shape index (κ1) is 28.4. The SMILES string of the molecule is COC(=O)c1ccc(-c2cccc(NC(=O)[C@@H](N)CCCNC(=O)OCc3ccccc3)c2)cc1.Cl. The molecule has 3 aromatic carbocycles. The van der Waals surface area contributed by atoms with Crippen LogP contribution < -0.4 is 16.4 Å². The summed E-state index contributed by atoms with van der Waals surface area (Å²) in [5.41, 5.74) is 9.78. The molecule has 1 atom stereocenters. The van der Waals surface area contributed by atoms with Gasteiger partial charge in [-0.2, -0.15) is 0 Å². The van der Waals surface area contributed by atoms with E-state index in [9.17, 15) is 14.4 Å². The van der Waals surface area contributed by atoms with E-state index in [0.717, 1.165) is 16.7 Å². The monoisotopic (exact) mass is 511 g/mol. The quantitative estimate of drug-likeness (QED) is 0.271. The van der Waals surface area contributed by atoms with Crippen molar-refractivity contribution >= 4 is 36.1 Å². The molecule has 0 fully saturated rings. The largest absolute Gasteiger partial charge is 0.465 e. The van der Waals surface area contributed by atoms with Crippen molar-refractivity contribution in [2.75, 3.05) is 19.0 Å². The maximum Gasteiger partial charge on any atom is 0.407 e. The van der Waals surface area contributed by atoms with Gasteiger partial charge in [-0.1, -0.05) is 54.6 Å². The lowest BCUT2D eigenvalue weighted by atomic mass is 10.0. The number of esters is 1. The topological polar surface area (TPSA) is 120 Å². The number of carbonyl (C=O) groups is 3.